The lowest BCUT2D eigenvalue weighted by molar-refractivity contribution is -0.119. The maximum Gasteiger partial charge on any atom is 0.133 e. The Hall–Kier alpha value is -0.590. The molecule has 1 heteroatoms. The van der Waals surface area contributed by atoms with Gasteiger partial charge in [-0.1, -0.05) is 44.8 Å². The Bertz CT molecular complexity index is 217. The van der Waals surface area contributed by atoms with E-state index in [2.05, 4.69) is 19.1 Å². The monoisotopic (exact) mass is 222 g/mol. The summed E-state index contributed by atoms with van der Waals surface area (Å²) in [6, 6.07) is 0. The Kier molecular flexibility index (Phi) is 7.20. The number of carbonyl (C=O) groups excluding carboxylic acids is 1. The molecule has 16 heavy (non-hydrogen) atoms. The summed E-state index contributed by atoms with van der Waals surface area (Å²) in [6.45, 7) is 2.19. The molecule has 0 amide bonds. The first-order valence-corrected chi connectivity index (χ1v) is 6.95. The second-order valence-corrected chi connectivity index (χ2v) is 5.22. The molecule has 0 aromatic heterocycles. The summed E-state index contributed by atoms with van der Waals surface area (Å²) in [7, 11) is 0. The number of ketones is 1. The van der Waals surface area contributed by atoms with Gasteiger partial charge < -0.3 is 0 Å². The molecule has 0 aromatic carbocycles. The molecule has 0 heterocycles. The van der Waals surface area contributed by atoms with Crippen LogP contribution in [0.3, 0.4) is 0 Å². The van der Waals surface area contributed by atoms with Gasteiger partial charge in [0.05, 0.1) is 0 Å². The molecule has 0 saturated heterocycles. The molecule has 0 saturated carbocycles. The number of allylic oxidation sites excluding steroid dienone is 2. The molecule has 0 spiro atoms. The van der Waals surface area contributed by atoms with Gasteiger partial charge in [-0.2, -0.15) is 0 Å². The summed E-state index contributed by atoms with van der Waals surface area (Å²) >= 11 is 0. The standard InChI is InChI=1S/C15H26O/c1-14-11-9-7-5-3-2-4-6-8-10-12-15(16)13-14/h7,9,14H,2-6,8,10-13H2,1H3. The van der Waals surface area contributed by atoms with Gasteiger partial charge in [-0.15, -0.1) is 0 Å². The van der Waals surface area contributed by atoms with Crippen molar-refractivity contribution < 1.29 is 4.79 Å². The van der Waals surface area contributed by atoms with Crippen LogP contribution in [0.2, 0.25) is 0 Å². The van der Waals surface area contributed by atoms with E-state index in [-0.39, 0.29) is 0 Å². The number of Topliss-reactive ketones (excluding diaryl/α,β-unsaturated/α-hetero) is 1. The molecule has 1 nitrogen and oxygen atoms in total. The summed E-state index contributed by atoms with van der Waals surface area (Å²) < 4.78 is 0. The summed E-state index contributed by atoms with van der Waals surface area (Å²) in [5.41, 5.74) is 0. The smallest absolute Gasteiger partial charge is 0.133 e. The third-order valence-corrected chi connectivity index (χ3v) is 3.36. The first-order chi connectivity index (χ1) is 7.79. The van der Waals surface area contributed by atoms with Gasteiger partial charge in [-0.05, 0) is 31.6 Å². The van der Waals surface area contributed by atoms with Crippen LogP contribution < -0.4 is 0 Å². The molecule has 0 N–H and O–H groups in total. The highest BCUT2D eigenvalue weighted by atomic mass is 16.1. The van der Waals surface area contributed by atoms with Gasteiger partial charge in [0.15, 0.2) is 0 Å². The maximum atomic E-state index is 11.6. The van der Waals surface area contributed by atoms with Gasteiger partial charge in [0.1, 0.15) is 5.78 Å². The highest BCUT2D eigenvalue weighted by Crippen LogP contribution is 2.15. The molecule has 1 atom stereocenters. The van der Waals surface area contributed by atoms with Gasteiger partial charge in [-0.25, -0.2) is 0 Å². The van der Waals surface area contributed by atoms with Gasteiger partial charge in [0.25, 0.3) is 0 Å². The SMILES string of the molecule is CC1CC=CCCCCCCCCC(=O)C1. The second kappa shape index (κ2) is 8.55. The van der Waals surface area contributed by atoms with E-state index in [1.165, 1.54) is 38.5 Å². The average Bonchev–Trinajstić information content (AvgIpc) is 2.25. The molecular weight excluding hydrogens is 196 g/mol. The van der Waals surface area contributed by atoms with Crippen LogP contribution in [0.15, 0.2) is 12.2 Å². The van der Waals surface area contributed by atoms with E-state index in [1.54, 1.807) is 0 Å². The molecule has 0 radical (unpaired) electrons. The van der Waals surface area contributed by atoms with Crippen LogP contribution in [-0.2, 0) is 4.79 Å². The Balaban J connectivity index is 2.33. The van der Waals surface area contributed by atoms with Crippen molar-refractivity contribution >= 4 is 5.78 Å². The van der Waals surface area contributed by atoms with Crippen molar-refractivity contribution in [3.63, 3.8) is 0 Å². The topological polar surface area (TPSA) is 17.1 Å². The summed E-state index contributed by atoms with van der Waals surface area (Å²) in [4.78, 5) is 11.6. The molecule has 0 bridgehead atoms. The quantitative estimate of drug-likeness (QED) is 0.545. The van der Waals surface area contributed by atoms with Crippen molar-refractivity contribution in [3.8, 4) is 0 Å². The van der Waals surface area contributed by atoms with Crippen molar-refractivity contribution in [2.45, 2.75) is 71.1 Å². The molecular formula is C15H26O. The number of hydrogen-bond donors (Lipinski definition) is 0. The molecule has 1 rings (SSSR count). The zero-order valence-electron chi connectivity index (χ0n) is 10.7. The lowest BCUT2D eigenvalue weighted by atomic mass is 9.97. The Morgan fingerprint density at radius 2 is 1.69 bits per heavy atom. The van der Waals surface area contributed by atoms with Crippen molar-refractivity contribution in [1.82, 2.24) is 0 Å². The van der Waals surface area contributed by atoms with E-state index in [4.69, 9.17) is 0 Å². The predicted molar refractivity (Wildman–Crippen MR) is 69.5 cm³/mol. The maximum absolute atomic E-state index is 11.6. The minimum atomic E-state index is 0.470. The van der Waals surface area contributed by atoms with E-state index in [0.29, 0.717) is 11.7 Å². The zero-order valence-corrected chi connectivity index (χ0v) is 10.7. The van der Waals surface area contributed by atoms with Crippen LogP contribution in [0.1, 0.15) is 71.1 Å². The van der Waals surface area contributed by atoms with Crippen LogP contribution in [0, 0.1) is 5.92 Å². The molecule has 0 fully saturated rings. The lowest BCUT2D eigenvalue weighted by Crippen LogP contribution is -2.04. The Morgan fingerprint density at radius 1 is 1.00 bits per heavy atom. The molecule has 1 unspecified atom stereocenters. The number of carbonyl (C=O) groups is 1. The van der Waals surface area contributed by atoms with Crippen LogP contribution in [0.5, 0.6) is 0 Å². The highest BCUT2D eigenvalue weighted by Gasteiger charge is 2.07. The number of hydrogen-bond acceptors (Lipinski definition) is 1. The van der Waals surface area contributed by atoms with Crippen LogP contribution >= 0.6 is 0 Å². The normalized spacial score (nSPS) is 26.3. The van der Waals surface area contributed by atoms with Crippen molar-refractivity contribution in [1.29, 1.82) is 0 Å². The van der Waals surface area contributed by atoms with Crippen molar-refractivity contribution in [2.75, 3.05) is 0 Å². The Morgan fingerprint density at radius 3 is 2.50 bits per heavy atom. The lowest BCUT2D eigenvalue weighted by Gasteiger charge is -2.08. The molecule has 0 aromatic rings. The van der Waals surface area contributed by atoms with E-state index in [1.807, 2.05) is 0 Å². The van der Waals surface area contributed by atoms with Crippen LogP contribution in [0.4, 0.5) is 0 Å². The van der Waals surface area contributed by atoms with Crippen LogP contribution in [0.25, 0.3) is 0 Å². The van der Waals surface area contributed by atoms with E-state index >= 15 is 0 Å². The average molecular weight is 222 g/mol. The fraction of sp³-hybridized carbons (Fsp3) is 0.800. The zero-order chi connectivity index (χ0) is 11.6. The summed E-state index contributed by atoms with van der Waals surface area (Å²) in [6.07, 6.45) is 16.2. The number of rotatable bonds is 0. The minimum Gasteiger partial charge on any atom is -0.300 e. The second-order valence-electron chi connectivity index (χ2n) is 5.22. The van der Waals surface area contributed by atoms with Gasteiger partial charge in [0, 0.05) is 12.8 Å². The fourth-order valence-electron chi connectivity index (χ4n) is 2.31. The van der Waals surface area contributed by atoms with Crippen LogP contribution in [-0.4, -0.2) is 5.78 Å². The van der Waals surface area contributed by atoms with Crippen molar-refractivity contribution in [3.05, 3.63) is 12.2 Å². The third-order valence-electron chi connectivity index (χ3n) is 3.36. The molecule has 92 valence electrons. The van der Waals surface area contributed by atoms with Crippen molar-refractivity contribution in [2.24, 2.45) is 5.92 Å². The first-order valence-electron chi connectivity index (χ1n) is 6.95. The van der Waals surface area contributed by atoms with E-state index in [9.17, 15) is 4.79 Å². The Labute approximate surface area is 100 Å². The van der Waals surface area contributed by atoms with Gasteiger partial charge >= 0.3 is 0 Å². The summed E-state index contributed by atoms with van der Waals surface area (Å²) in [5.74, 6) is 1.00. The molecule has 1 aliphatic rings. The predicted octanol–water partition coefficient (Wildman–Crippen LogP) is 4.66. The summed E-state index contributed by atoms with van der Waals surface area (Å²) in [5, 5.41) is 0. The fourth-order valence-corrected chi connectivity index (χ4v) is 2.31. The third kappa shape index (κ3) is 6.81. The van der Waals surface area contributed by atoms with Gasteiger partial charge in [-0.3, -0.25) is 4.79 Å². The molecule has 1 aliphatic carbocycles. The van der Waals surface area contributed by atoms with E-state index < -0.39 is 0 Å². The molecule has 0 aliphatic heterocycles. The highest BCUT2D eigenvalue weighted by molar-refractivity contribution is 5.78. The van der Waals surface area contributed by atoms with E-state index in [0.717, 1.165) is 25.7 Å². The first kappa shape index (κ1) is 13.5. The van der Waals surface area contributed by atoms with Gasteiger partial charge in [0.2, 0.25) is 0 Å². The largest absolute Gasteiger partial charge is 0.300 e. The minimum absolute atomic E-state index is 0.470.